The van der Waals surface area contributed by atoms with E-state index in [2.05, 4.69) is 11.8 Å². The topological polar surface area (TPSA) is 118 Å². The normalized spacial score (nSPS) is 52.0. The summed E-state index contributed by atoms with van der Waals surface area (Å²) in [4.78, 5) is 16.3. The van der Waals surface area contributed by atoms with Gasteiger partial charge in [-0.3, -0.25) is 4.90 Å². The molecule has 1 aromatic carbocycles. The summed E-state index contributed by atoms with van der Waals surface area (Å²) in [6.07, 6.45) is -0.690. The van der Waals surface area contributed by atoms with Gasteiger partial charge in [-0.15, -0.1) is 0 Å². The highest BCUT2D eigenvalue weighted by molar-refractivity contribution is 5.89. The molecule has 6 aliphatic rings. The van der Waals surface area contributed by atoms with Crippen molar-refractivity contribution in [1.82, 2.24) is 4.90 Å². The first-order valence-corrected chi connectivity index (χ1v) is 14.9. The van der Waals surface area contributed by atoms with E-state index in [-0.39, 0.29) is 29.7 Å². The van der Waals surface area contributed by atoms with Crippen molar-refractivity contribution in [1.29, 1.82) is 0 Å². The molecule has 7 rings (SSSR count). The number of hydrogen-bond donors (Lipinski definition) is 3. The summed E-state index contributed by atoms with van der Waals surface area (Å²) >= 11 is 0. The summed E-state index contributed by atoms with van der Waals surface area (Å²) in [5.41, 5.74) is -3.69. The maximum atomic E-state index is 13.9. The first-order valence-electron chi connectivity index (χ1n) is 14.9. The lowest BCUT2D eigenvalue weighted by Crippen LogP contribution is -2.82. The Bertz CT molecular complexity index is 1170. The molecular weight excluding hydrogens is 514 g/mol. The molecule has 13 atom stereocenters. The highest BCUT2D eigenvalue weighted by atomic mass is 16.6. The minimum absolute atomic E-state index is 0.235. The van der Waals surface area contributed by atoms with E-state index in [9.17, 15) is 20.1 Å². The van der Waals surface area contributed by atoms with Crippen molar-refractivity contribution < 1.29 is 39.1 Å². The number of methoxy groups -OCH3 is 3. The highest BCUT2D eigenvalue weighted by Gasteiger charge is 2.91. The van der Waals surface area contributed by atoms with Gasteiger partial charge in [-0.1, -0.05) is 25.1 Å². The van der Waals surface area contributed by atoms with Gasteiger partial charge in [0.15, 0.2) is 0 Å². The van der Waals surface area contributed by atoms with Gasteiger partial charge in [-0.2, -0.15) is 0 Å². The molecule has 1 heterocycles. The van der Waals surface area contributed by atoms with E-state index >= 15 is 0 Å². The fourth-order valence-corrected chi connectivity index (χ4v) is 11.7. The first kappa shape index (κ1) is 27.3. The van der Waals surface area contributed by atoms with E-state index in [1.165, 1.54) is 0 Å². The molecule has 0 amide bonds. The second kappa shape index (κ2) is 8.96. The molecule has 220 valence electrons. The number of fused-ring (bicyclic) bond motifs is 2. The van der Waals surface area contributed by atoms with Gasteiger partial charge in [-0.25, -0.2) is 4.79 Å². The molecule has 0 aromatic heterocycles. The second-order valence-corrected chi connectivity index (χ2v) is 13.4. The number of hydrogen-bond acceptors (Lipinski definition) is 9. The van der Waals surface area contributed by atoms with Crippen molar-refractivity contribution in [2.45, 2.75) is 74.3 Å². The van der Waals surface area contributed by atoms with Gasteiger partial charge >= 0.3 is 5.97 Å². The van der Waals surface area contributed by atoms with Crippen LogP contribution in [0.5, 0.6) is 0 Å². The lowest BCUT2D eigenvalue weighted by atomic mass is 9.41. The number of esters is 1. The van der Waals surface area contributed by atoms with Crippen molar-refractivity contribution in [2.75, 3.05) is 41.0 Å². The Kier molecular flexibility index (Phi) is 6.10. The van der Waals surface area contributed by atoms with Crippen molar-refractivity contribution in [3.63, 3.8) is 0 Å². The van der Waals surface area contributed by atoms with Gasteiger partial charge in [0.05, 0.1) is 48.1 Å². The molecule has 40 heavy (non-hydrogen) atoms. The maximum Gasteiger partial charge on any atom is 0.338 e. The Morgan fingerprint density at radius 3 is 2.48 bits per heavy atom. The van der Waals surface area contributed by atoms with Crippen LogP contribution in [0.25, 0.3) is 0 Å². The van der Waals surface area contributed by atoms with E-state index in [1.807, 2.05) is 6.07 Å². The molecule has 9 nitrogen and oxygen atoms in total. The summed E-state index contributed by atoms with van der Waals surface area (Å²) in [6, 6.07) is 8.59. The third-order valence-electron chi connectivity index (χ3n) is 12.4. The fourth-order valence-electron chi connectivity index (χ4n) is 11.7. The Hall–Kier alpha value is -1.59. The fraction of sp³-hybridized carbons (Fsp3) is 0.774. The second-order valence-electron chi connectivity index (χ2n) is 13.4. The Balaban J connectivity index is 1.51. The third-order valence-corrected chi connectivity index (χ3v) is 12.4. The van der Waals surface area contributed by atoms with E-state index < -0.39 is 58.8 Å². The average molecular weight is 558 g/mol. The number of carbonyl (C=O) groups excluding carboxylic acids is 1. The van der Waals surface area contributed by atoms with Crippen molar-refractivity contribution in [3.8, 4) is 0 Å². The smallest absolute Gasteiger partial charge is 0.338 e. The monoisotopic (exact) mass is 557 g/mol. The zero-order valence-corrected chi connectivity index (χ0v) is 23.9. The largest absolute Gasteiger partial charge is 0.454 e. The lowest BCUT2D eigenvalue weighted by Gasteiger charge is -2.71. The molecule has 3 N–H and O–H groups in total. The zero-order valence-electron chi connectivity index (χ0n) is 23.9. The van der Waals surface area contributed by atoms with Crippen LogP contribution in [0.2, 0.25) is 0 Å². The lowest BCUT2D eigenvalue weighted by molar-refractivity contribution is -0.324. The number of carbonyl (C=O) groups is 1. The molecule has 5 aliphatic carbocycles. The van der Waals surface area contributed by atoms with E-state index in [4.69, 9.17) is 18.9 Å². The number of nitrogens with zero attached hydrogens (tertiary/aromatic N) is 1. The quantitative estimate of drug-likeness (QED) is 0.429. The predicted octanol–water partition coefficient (Wildman–Crippen LogP) is 1.48. The number of benzene rings is 1. The van der Waals surface area contributed by atoms with Gasteiger partial charge in [0.25, 0.3) is 0 Å². The summed E-state index contributed by atoms with van der Waals surface area (Å²) in [7, 11) is 5.03. The highest BCUT2D eigenvalue weighted by Crippen LogP contribution is 2.80. The number of rotatable bonds is 7. The van der Waals surface area contributed by atoms with Gasteiger partial charge in [-0.05, 0) is 37.9 Å². The molecular formula is C31H43NO8. The third kappa shape index (κ3) is 2.90. The average Bonchev–Trinajstić information content (AvgIpc) is 3.33. The molecule has 1 aromatic rings. The SMILES string of the molecule is CCN1C[C@]2(COC)CC[C@H](O)[C@]34[C@@H]2[C@@H](OC)[C@@H]([C@@H]13)[C@@]1(OC(=O)c2ccccc2)C[C@H](OC)[C@H]2C[C@]4(O)[C@@H]1[C@H]2O. The molecule has 0 radical (unpaired) electrons. The molecule has 5 saturated carbocycles. The van der Waals surface area contributed by atoms with Crippen LogP contribution in [-0.2, 0) is 18.9 Å². The molecule has 7 bridgehead atoms. The Morgan fingerprint density at radius 1 is 1.07 bits per heavy atom. The Morgan fingerprint density at radius 2 is 1.82 bits per heavy atom. The minimum atomic E-state index is -1.51. The van der Waals surface area contributed by atoms with Crippen LogP contribution in [0.4, 0.5) is 0 Å². The summed E-state index contributed by atoms with van der Waals surface area (Å²) in [5.74, 6) is -2.22. The number of likely N-dealkylation sites (tertiary alicyclic amines) is 1. The molecule has 6 fully saturated rings. The van der Waals surface area contributed by atoms with Crippen LogP contribution >= 0.6 is 0 Å². The predicted molar refractivity (Wildman–Crippen MR) is 143 cm³/mol. The number of aliphatic hydroxyl groups is 3. The number of piperidine rings is 1. The molecule has 1 aliphatic heterocycles. The molecule has 1 spiro atoms. The minimum Gasteiger partial charge on any atom is -0.454 e. The first-order chi connectivity index (χ1) is 19.2. The van der Waals surface area contributed by atoms with Crippen molar-refractivity contribution in [3.05, 3.63) is 35.9 Å². The van der Waals surface area contributed by atoms with Crippen LogP contribution < -0.4 is 0 Å². The van der Waals surface area contributed by atoms with E-state index in [0.29, 0.717) is 31.6 Å². The summed E-state index contributed by atoms with van der Waals surface area (Å²) < 4.78 is 25.0. The number of ether oxygens (including phenoxy) is 4. The van der Waals surface area contributed by atoms with Crippen LogP contribution in [0.3, 0.4) is 0 Å². The summed E-state index contributed by atoms with van der Waals surface area (Å²) in [6.45, 7) is 4.04. The summed E-state index contributed by atoms with van der Waals surface area (Å²) in [5, 5.41) is 37.5. The molecule has 1 saturated heterocycles. The van der Waals surface area contributed by atoms with E-state index in [1.54, 1.807) is 45.6 Å². The van der Waals surface area contributed by atoms with Gasteiger partial charge in [0.1, 0.15) is 5.60 Å². The Labute approximate surface area is 235 Å². The maximum absolute atomic E-state index is 13.9. The van der Waals surface area contributed by atoms with Crippen LogP contribution in [0, 0.1) is 34.5 Å². The zero-order chi connectivity index (χ0) is 28.2. The van der Waals surface area contributed by atoms with Crippen LogP contribution in [0.15, 0.2) is 30.3 Å². The number of aliphatic hydroxyl groups excluding tert-OH is 2. The van der Waals surface area contributed by atoms with Gasteiger partial charge in [0, 0.05) is 68.9 Å². The van der Waals surface area contributed by atoms with Crippen LogP contribution in [0.1, 0.15) is 43.0 Å². The van der Waals surface area contributed by atoms with E-state index in [0.717, 1.165) is 13.0 Å². The molecule has 0 unspecified atom stereocenters. The van der Waals surface area contributed by atoms with Gasteiger partial charge in [0.2, 0.25) is 0 Å². The van der Waals surface area contributed by atoms with Gasteiger partial charge < -0.3 is 34.3 Å². The standard InChI is InChI=1S/C31H43NO8/c1-5-32-15-28(16-37-2)12-11-20(33)31-25(28)23(39-4)21(26(31)32)29(40-27(35)17-9-7-6-8-10-17)14-19(38-3)18-13-30(31,36)24(29)22(18)34/h6-10,18-26,33-34,36H,5,11-16H2,1-4H3/t18-,19+,20+,21+,22+,23+,24-,25-,26-,28+,29+,30+,31+/m1/s1. The van der Waals surface area contributed by atoms with Crippen molar-refractivity contribution >= 4 is 5.97 Å². The van der Waals surface area contributed by atoms with Crippen molar-refractivity contribution in [2.24, 2.45) is 34.5 Å². The van der Waals surface area contributed by atoms with Crippen LogP contribution in [-0.4, -0.2) is 109 Å². The molecule has 9 heteroatoms.